The van der Waals surface area contributed by atoms with Crippen LogP contribution in [0.2, 0.25) is 5.02 Å². The first-order chi connectivity index (χ1) is 14.7. The molecular formula is C21H22ClN3O4S2. The standard InChI is InChI=1S/C21H22ClN3O4S2/c1-3-25(4-2)31(28,29)17-8-9-19(26)18(12-17)24-20(27)11-16-13-30-21(23-16)14-6-5-7-15(22)10-14/h5-10,12-13,26H,3-4,11H2,1-2H3,(H,24,27). The van der Waals surface area contributed by atoms with E-state index in [1.54, 1.807) is 31.4 Å². The van der Waals surface area contributed by atoms with Crippen molar-refractivity contribution in [3.63, 3.8) is 0 Å². The van der Waals surface area contributed by atoms with E-state index < -0.39 is 15.9 Å². The summed E-state index contributed by atoms with van der Waals surface area (Å²) in [6, 6.07) is 11.1. The van der Waals surface area contributed by atoms with Crippen molar-refractivity contribution >= 4 is 44.6 Å². The van der Waals surface area contributed by atoms with Crippen molar-refractivity contribution in [2.24, 2.45) is 0 Å². The second-order valence-electron chi connectivity index (χ2n) is 6.65. The summed E-state index contributed by atoms with van der Waals surface area (Å²) in [5.41, 5.74) is 1.45. The molecule has 164 valence electrons. The Kier molecular flexibility index (Phi) is 7.32. The molecule has 0 spiro atoms. The number of hydrogen-bond acceptors (Lipinski definition) is 6. The number of benzene rings is 2. The minimum absolute atomic E-state index is 0.00111. The highest BCUT2D eigenvalue weighted by Crippen LogP contribution is 2.29. The number of aromatic hydroxyl groups is 1. The van der Waals surface area contributed by atoms with E-state index in [9.17, 15) is 18.3 Å². The van der Waals surface area contributed by atoms with Gasteiger partial charge in [0.15, 0.2) is 0 Å². The number of aromatic nitrogens is 1. The average Bonchev–Trinajstić information content (AvgIpc) is 3.18. The third-order valence-electron chi connectivity index (χ3n) is 4.55. The van der Waals surface area contributed by atoms with Gasteiger partial charge in [-0.2, -0.15) is 4.31 Å². The fourth-order valence-corrected chi connectivity index (χ4v) is 5.48. The largest absolute Gasteiger partial charge is 0.506 e. The molecule has 0 aliphatic rings. The molecule has 3 rings (SSSR count). The van der Waals surface area contributed by atoms with Crippen LogP contribution in [-0.2, 0) is 21.2 Å². The van der Waals surface area contributed by atoms with Crippen molar-refractivity contribution in [1.29, 1.82) is 0 Å². The van der Waals surface area contributed by atoms with Crippen LogP contribution < -0.4 is 5.32 Å². The van der Waals surface area contributed by atoms with Crippen molar-refractivity contribution in [2.45, 2.75) is 25.2 Å². The minimum Gasteiger partial charge on any atom is -0.506 e. The lowest BCUT2D eigenvalue weighted by atomic mass is 10.2. The van der Waals surface area contributed by atoms with Crippen LogP contribution >= 0.6 is 22.9 Å². The van der Waals surface area contributed by atoms with E-state index in [0.29, 0.717) is 23.8 Å². The quantitative estimate of drug-likeness (QED) is 0.467. The smallest absolute Gasteiger partial charge is 0.243 e. The summed E-state index contributed by atoms with van der Waals surface area (Å²) < 4.78 is 26.7. The molecule has 7 nitrogen and oxygen atoms in total. The Hall–Kier alpha value is -2.46. The van der Waals surface area contributed by atoms with Crippen molar-refractivity contribution < 1.29 is 18.3 Å². The van der Waals surface area contributed by atoms with Crippen LogP contribution in [0.4, 0.5) is 5.69 Å². The summed E-state index contributed by atoms with van der Waals surface area (Å²) in [5, 5.41) is 15.8. The van der Waals surface area contributed by atoms with Gasteiger partial charge in [-0.3, -0.25) is 4.79 Å². The monoisotopic (exact) mass is 479 g/mol. The maximum Gasteiger partial charge on any atom is 0.243 e. The van der Waals surface area contributed by atoms with E-state index in [-0.39, 0.29) is 22.8 Å². The van der Waals surface area contributed by atoms with Crippen LogP contribution in [-0.4, -0.2) is 41.8 Å². The Labute approximate surface area is 190 Å². The molecule has 1 amide bonds. The minimum atomic E-state index is -3.72. The summed E-state index contributed by atoms with van der Waals surface area (Å²) >= 11 is 7.41. The molecule has 1 aromatic heterocycles. The number of phenolic OH excluding ortho intramolecular Hbond substituents is 1. The number of rotatable bonds is 8. The number of phenols is 1. The van der Waals surface area contributed by atoms with Gasteiger partial charge in [0.05, 0.1) is 22.7 Å². The summed E-state index contributed by atoms with van der Waals surface area (Å²) in [6.07, 6.45) is -0.0243. The predicted octanol–water partition coefficient (Wildman–Crippen LogP) is 4.38. The van der Waals surface area contributed by atoms with E-state index >= 15 is 0 Å². The van der Waals surface area contributed by atoms with Gasteiger partial charge in [0, 0.05) is 29.1 Å². The maximum absolute atomic E-state index is 12.7. The molecule has 31 heavy (non-hydrogen) atoms. The number of halogens is 1. The number of thiazole rings is 1. The zero-order valence-electron chi connectivity index (χ0n) is 17.0. The van der Waals surface area contributed by atoms with E-state index in [1.165, 1.54) is 33.8 Å². The highest BCUT2D eigenvalue weighted by molar-refractivity contribution is 7.89. The first-order valence-corrected chi connectivity index (χ1v) is 12.3. The number of sulfonamides is 1. The van der Waals surface area contributed by atoms with Gasteiger partial charge < -0.3 is 10.4 Å². The number of anilines is 1. The normalized spacial score (nSPS) is 11.6. The van der Waals surface area contributed by atoms with Crippen LogP contribution in [0.5, 0.6) is 5.75 Å². The summed E-state index contributed by atoms with van der Waals surface area (Å²) in [6.45, 7) is 4.13. The van der Waals surface area contributed by atoms with Crippen LogP contribution in [0, 0.1) is 0 Å². The van der Waals surface area contributed by atoms with Crippen molar-refractivity contribution in [1.82, 2.24) is 9.29 Å². The summed E-state index contributed by atoms with van der Waals surface area (Å²) in [4.78, 5) is 17.0. The second-order valence-corrected chi connectivity index (χ2v) is 9.88. The van der Waals surface area contributed by atoms with Gasteiger partial charge in [-0.05, 0) is 30.3 Å². The number of nitrogens with one attached hydrogen (secondary N) is 1. The number of carbonyl (C=O) groups excluding carboxylic acids is 1. The van der Waals surface area contributed by atoms with Crippen molar-refractivity contribution in [3.8, 4) is 16.3 Å². The van der Waals surface area contributed by atoms with Crippen LogP contribution in [0.1, 0.15) is 19.5 Å². The van der Waals surface area contributed by atoms with Crippen LogP contribution in [0.15, 0.2) is 52.7 Å². The Morgan fingerprint density at radius 2 is 1.94 bits per heavy atom. The molecule has 2 aromatic carbocycles. The molecule has 3 aromatic rings. The topological polar surface area (TPSA) is 99.6 Å². The highest BCUT2D eigenvalue weighted by Gasteiger charge is 2.23. The Morgan fingerprint density at radius 3 is 2.61 bits per heavy atom. The van der Waals surface area contributed by atoms with Gasteiger partial charge in [-0.25, -0.2) is 13.4 Å². The average molecular weight is 480 g/mol. The lowest BCUT2D eigenvalue weighted by Crippen LogP contribution is -2.30. The first-order valence-electron chi connectivity index (χ1n) is 9.58. The molecule has 1 heterocycles. The van der Waals surface area contributed by atoms with E-state index in [0.717, 1.165) is 10.6 Å². The highest BCUT2D eigenvalue weighted by atomic mass is 35.5. The molecule has 2 N–H and O–H groups in total. The van der Waals surface area contributed by atoms with Crippen molar-refractivity contribution in [2.75, 3.05) is 18.4 Å². The van der Waals surface area contributed by atoms with Gasteiger partial charge in [0.2, 0.25) is 15.9 Å². The fraction of sp³-hybridized carbons (Fsp3) is 0.238. The molecule has 0 saturated carbocycles. The molecule has 10 heteroatoms. The van der Waals surface area contributed by atoms with Crippen molar-refractivity contribution in [3.05, 3.63) is 58.6 Å². The van der Waals surface area contributed by atoms with Gasteiger partial charge in [0.25, 0.3) is 0 Å². The fourth-order valence-electron chi connectivity index (χ4n) is 2.99. The lowest BCUT2D eigenvalue weighted by molar-refractivity contribution is -0.115. The summed E-state index contributed by atoms with van der Waals surface area (Å²) in [7, 11) is -3.72. The van der Waals surface area contributed by atoms with Gasteiger partial charge in [-0.1, -0.05) is 37.6 Å². The zero-order valence-corrected chi connectivity index (χ0v) is 19.4. The number of carbonyl (C=O) groups is 1. The Balaban J connectivity index is 1.75. The SMILES string of the molecule is CCN(CC)S(=O)(=O)c1ccc(O)c(NC(=O)Cc2csc(-c3cccc(Cl)c3)n2)c1. The number of hydrogen-bond donors (Lipinski definition) is 2. The predicted molar refractivity (Wildman–Crippen MR) is 123 cm³/mol. The number of amides is 1. The Bertz CT molecular complexity index is 1190. The van der Waals surface area contributed by atoms with E-state index in [1.807, 2.05) is 12.1 Å². The molecule has 0 bridgehead atoms. The number of nitrogens with zero attached hydrogens (tertiary/aromatic N) is 2. The molecule has 0 radical (unpaired) electrons. The Morgan fingerprint density at radius 1 is 1.19 bits per heavy atom. The molecule has 0 aliphatic heterocycles. The third-order valence-corrected chi connectivity index (χ3v) is 7.77. The van der Waals surface area contributed by atoms with Crippen LogP contribution in [0.25, 0.3) is 10.6 Å². The van der Waals surface area contributed by atoms with Gasteiger partial charge >= 0.3 is 0 Å². The second kappa shape index (κ2) is 9.78. The van der Waals surface area contributed by atoms with E-state index in [4.69, 9.17) is 11.6 Å². The molecule has 0 atom stereocenters. The molecule has 0 unspecified atom stereocenters. The van der Waals surface area contributed by atoms with E-state index in [2.05, 4.69) is 10.3 Å². The first kappa shape index (κ1) is 23.2. The third kappa shape index (κ3) is 5.43. The maximum atomic E-state index is 12.7. The molecule has 0 aliphatic carbocycles. The molecule has 0 fully saturated rings. The molecule has 0 saturated heterocycles. The lowest BCUT2D eigenvalue weighted by Gasteiger charge is -2.19. The molecular weight excluding hydrogens is 458 g/mol. The van der Waals surface area contributed by atoms with Gasteiger partial charge in [-0.15, -0.1) is 11.3 Å². The zero-order chi connectivity index (χ0) is 22.6. The van der Waals surface area contributed by atoms with Crippen LogP contribution in [0.3, 0.4) is 0 Å². The summed E-state index contributed by atoms with van der Waals surface area (Å²) in [5.74, 6) is -0.639. The van der Waals surface area contributed by atoms with Gasteiger partial charge in [0.1, 0.15) is 10.8 Å².